The van der Waals surface area contributed by atoms with E-state index in [-0.39, 0.29) is 40.8 Å². The van der Waals surface area contributed by atoms with Gasteiger partial charge in [0.15, 0.2) is 5.78 Å². The molecule has 5 heteroatoms. The van der Waals surface area contributed by atoms with E-state index in [1.165, 1.54) is 69.8 Å². The van der Waals surface area contributed by atoms with Crippen LogP contribution in [0.15, 0.2) is 64.3 Å². The van der Waals surface area contributed by atoms with Crippen molar-refractivity contribution in [2.75, 3.05) is 0 Å². The lowest BCUT2D eigenvalue weighted by molar-refractivity contribution is -0.156. The lowest BCUT2D eigenvalue weighted by Gasteiger charge is -2.61. The topological polar surface area (TPSA) is 98.0 Å². The Bertz CT molecular complexity index is 1830. The van der Waals surface area contributed by atoms with E-state index in [4.69, 9.17) is 0 Å². The summed E-state index contributed by atoms with van der Waals surface area (Å²) in [5, 5.41) is 48.0. The zero-order valence-electron chi connectivity index (χ0n) is 34.2. The largest absolute Gasteiger partial charge is 0.392 e. The van der Waals surface area contributed by atoms with Gasteiger partial charge in [0, 0.05) is 23.2 Å². The molecule has 55 heavy (non-hydrogen) atoms. The Morgan fingerprint density at radius 2 is 1.53 bits per heavy atom. The fraction of sp³-hybridized carbons (Fsp3) is 0.740. The molecule has 0 unspecified atom stereocenters. The van der Waals surface area contributed by atoms with Gasteiger partial charge in [-0.15, -0.1) is 0 Å². The Morgan fingerprint density at radius 3 is 2.29 bits per heavy atom. The molecule has 1 aromatic carbocycles. The smallest absolute Gasteiger partial charge is 0.159 e. The molecular formula is C50H68O5. The van der Waals surface area contributed by atoms with Crippen LogP contribution in [0.2, 0.25) is 0 Å². The van der Waals surface area contributed by atoms with E-state index in [1.54, 1.807) is 28.4 Å². The first-order valence-corrected chi connectivity index (χ1v) is 22.8. The van der Waals surface area contributed by atoms with Crippen LogP contribution in [-0.2, 0) is 11.2 Å². The fourth-order valence-electron chi connectivity index (χ4n) is 16.9. The summed E-state index contributed by atoms with van der Waals surface area (Å²) in [5.74, 6) is 1.08. The number of ketones is 1. The van der Waals surface area contributed by atoms with Crippen LogP contribution < -0.4 is 0 Å². The molecule has 0 heterocycles. The zero-order chi connectivity index (χ0) is 38.3. The van der Waals surface area contributed by atoms with Crippen molar-refractivity contribution in [3.8, 4) is 0 Å². The summed E-state index contributed by atoms with van der Waals surface area (Å²) >= 11 is 0. The monoisotopic (exact) mass is 749 g/mol. The number of benzene rings is 1. The van der Waals surface area contributed by atoms with Crippen molar-refractivity contribution < 1.29 is 25.2 Å². The van der Waals surface area contributed by atoms with Gasteiger partial charge in [0.2, 0.25) is 0 Å². The van der Waals surface area contributed by atoms with Gasteiger partial charge >= 0.3 is 0 Å². The average Bonchev–Trinajstić information content (AvgIpc) is 3.72. The molecule has 0 saturated heterocycles. The van der Waals surface area contributed by atoms with Crippen molar-refractivity contribution in [1.82, 2.24) is 0 Å². The molecule has 5 nitrogen and oxygen atoms in total. The average molecular weight is 749 g/mol. The minimum atomic E-state index is -1.11. The third-order valence-electron chi connectivity index (χ3n) is 19.1. The normalized spacial score (nSPS) is 46.1. The number of fused-ring (bicyclic) bond motifs is 8. The van der Waals surface area contributed by atoms with Crippen LogP contribution in [0.3, 0.4) is 0 Å². The Balaban J connectivity index is 1.06. The summed E-state index contributed by atoms with van der Waals surface area (Å²) in [6.07, 6.45) is 18.4. The SMILES string of the molecule is CC(C)(Cc1ccccc1)C1=C2CCCC3(CCCC3)[C@H]2C2=C3[C@H](CCC2)C[C@@H]([C@H]2CC[C@@]4(O)C5=CC(=O)[C@@H]6C[C@@H](O)[C@@H](O)C[C@]6(C)[C@H]5CC[C@]24C)[C@H](O)[C@H]31. The van der Waals surface area contributed by atoms with Crippen molar-refractivity contribution >= 4 is 5.78 Å². The molecule has 13 atom stereocenters. The highest BCUT2D eigenvalue weighted by molar-refractivity contribution is 5.95. The lowest BCUT2D eigenvalue weighted by Crippen LogP contribution is -2.61. The number of aliphatic hydroxyl groups excluding tert-OH is 3. The minimum absolute atomic E-state index is 0.0144. The van der Waals surface area contributed by atoms with Gasteiger partial charge in [0.1, 0.15) is 0 Å². The molecule has 1 aromatic rings. The summed E-state index contributed by atoms with van der Waals surface area (Å²) in [7, 11) is 0. The highest BCUT2D eigenvalue weighted by Gasteiger charge is 2.69. The lowest BCUT2D eigenvalue weighted by atomic mass is 9.44. The molecule has 10 rings (SSSR count). The Kier molecular flexibility index (Phi) is 8.61. The second kappa shape index (κ2) is 12.7. The molecule has 9 aliphatic carbocycles. The fourth-order valence-corrected chi connectivity index (χ4v) is 16.9. The molecule has 0 aliphatic heterocycles. The van der Waals surface area contributed by atoms with Crippen LogP contribution in [0, 0.1) is 63.1 Å². The molecule has 0 amide bonds. The van der Waals surface area contributed by atoms with Crippen LogP contribution in [0.1, 0.15) is 142 Å². The molecule has 6 saturated carbocycles. The molecule has 4 N–H and O–H groups in total. The van der Waals surface area contributed by atoms with E-state index in [0.29, 0.717) is 36.5 Å². The summed E-state index contributed by atoms with van der Waals surface area (Å²) in [6.45, 7) is 9.44. The second-order valence-corrected chi connectivity index (χ2v) is 21.9. The van der Waals surface area contributed by atoms with Crippen molar-refractivity contribution in [1.29, 1.82) is 0 Å². The third kappa shape index (κ3) is 5.13. The third-order valence-corrected chi connectivity index (χ3v) is 19.1. The summed E-state index contributed by atoms with van der Waals surface area (Å²) in [6, 6.07) is 11.1. The van der Waals surface area contributed by atoms with Crippen molar-refractivity contribution in [3.05, 3.63) is 69.8 Å². The van der Waals surface area contributed by atoms with E-state index in [1.807, 2.05) is 0 Å². The molecule has 1 spiro atoms. The quantitative estimate of drug-likeness (QED) is 0.230. The summed E-state index contributed by atoms with van der Waals surface area (Å²) in [4.78, 5) is 13.9. The van der Waals surface area contributed by atoms with Gasteiger partial charge in [-0.05, 0) is 160 Å². The maximum atomic E-state index is 13.9. The van der Waals surface area contributed by atoms with E-state index in [0.717, 1.165) is 37.7 Å². The van der Waals surface area contributed by atoms with Gasteiger partial charge in [-0.25, -0.2) is 0 Å². The zero-order valence-corrected chi connectivity index (χ0v) is 34.2. The first-order chi connectivity index (χ1) is 26.2. The van der Waals surface area contributed by atoms with Crippen LogP contribution in [-0.4, -0.2) is 50.1 Å². The molecule has 298 valence electrons. The Hall–Kier alpha value is -2.05. The van der Waals surface area contributed by atoms with Crippen LogP contribution >= 0.6 is 0 Å². The number of allylic oxidation sites excluding steroid dienone is 3. The predicted molar refractivity (Wildman–Crippen MR) is 216 cm³/mol. The number of aliphatic hydroxyl groups is 4. The maximum absolute atomic E-state index is 13.9. The number of hydrogen-bond donors (Lipinski definition) is 4. The van der Waals surface area contributed by atoms with Crippen molar-refractivity contribution in [2.24, 2.45) is 63.1 Å². The number of carbonyl (C=O) groups is 1. The number of carbonyl (C=O) groups excluding carboxylic acids is 1. The summed E-state index contributed by atoms with van der Waals surface area (Å²) in [5.41, 5.74) is 7.29. The van der Waals surface area contributed by atoms with Gasteiger partial charge in [-0.1, -0.05) is 93.2 Å². The molecule has 0 aromatic heterocycles. The maximum Gasteiger partial charge on any atom is 0.159 e. The minimum Gasteiger partial charge on any atom is -0.392 e. The van der Waals surface area contributed by atoms with Crippen molar-refractivity contribution in [3.63, 3.8) is 0 Å². The molecule has 0 radical (unpaired) electrons. The first-order valence-electron chi connectivity index (χ1n) is 22.8. The molecule has 0 bridgehead atoms. The second-order valence-electron chi connectivity index (χ2n) is 21.9. The molecule has 9 aliphatic rings. The van der Waals surface area contributed by atoms with Gasteiger partial charge in [-0.3, -0.25) is 4.79 Å². The van der Waals surface area contributed by atoms with Gasteiger partial charge in [-0.2, -0.15) is 0 Å². The molecular weight excluding hydrogens is 681 g/mol. The summed E-state index contributed by atoms with van der Waals surface area (Å²) < 4.78 is 0. The first kappa shape index (κ1) is 37.2. The van der Waals surface area contributed by atoms with Gasteiger partial charge < -0.3 is 20.4 Å². The van der Waals surface area contributed by atoms with Crippen molar-refractivity contribution in [2.45, 2.75) is 167 Å². The van der Waals surface area contributed by atoms with Crippen LogP contribution in [0.5, 0.6) is 0 Å². The Labute approximate surface area is 330 Å². The van der Waals surface area contributed by atoms with Crippen LogP contribution in [0.4, 0.5) is 0 Å². The van der Waals surface area contributed by atoms with E-state index in [2.05, 4.69) is 58.0 Å². The predicted octanol–water partition coefficient (Wildman–Crippen LogP) is 9.22. The van der Waals surface area contributed by atoms with Gasteiger partial charge in [0.25, 0.3) is 0 Å². The Morgan fingerprint density at radius 1 is 0.800 bits per heavy atom. The highest BCUT2D eigenvalue weighted by atomic mass is 16.3. The standard InChI is InChI=1S/C50H68O5/c1-46(2,27-29-12-6-5-7-13-29)44-32-16-11-21-49(19-8-9-20-49)43(32)31-15-10-14-30-24-33(45(54)42(44)41(30)31)34-18-23-50(55)36-25-38(51)37-26-39(52)40(53)28-47(37,3)35(36)17-22-48(34,50)4/h5-7,12-13,25,30,33-35,37,39-40,42-43,45,52-55H,8-11,14-24,26-28H2,1-4H3/t30-,33+,34-,35+,37+,39-,40+,42-,43+,45+,47-,48-,50-/m1/s1. The molecule has 6 fully saturated rings. The van der Waals surface area contributed by atoms with Gasteiger partial charge in [0.05, 0.1) is 23.9 Å². The number of rotatable bonds is 4. The van der Waals surface area contributed by atoms with Crippen LogP contribution in [0.25, 0.3) is 0 Å². The number of hydrogen-bond acceptors (Lipinski definition) is 5. The highest BCUT2D eigenvalue weighted by Crippen LogP contribution is 2.72. The van der Waals surface area contributed by atoms with E-state index in [9.17, 15) is 25.2 Å². The van der Waals surface area contributed by atoms with E-state index < -0.39 is 34.7 Å². The van der Waals surface area contributed by atoms with E-state index >= 15 is 0 Å².